The van der Waals surface area contributed by atoms with Crippen molar-refractivity contribution < 1.29 is 4.42 Å². The minimum atomic E-state index is 0.312. The fraction of sp³-hybridized carbons (Fsp3) is 0.462. The van der Waals surface area contributed by atoms with Crippen molar-refractivity contribution in [3.8, 4) is 0 Å². The van der Waals surface area contributed by atoms with Crippen molar-refractivity contribution >= 4 is 11.5 Å². The Morgan fingerprint density at radius 3 is 2.89 bits per heavy atom. The zero-order valence-electron chi connectivity index (χ0n) is 11.1. The maximum Gasteiger partial charge on any atom is 0.147 e. The second-order valence-electron chi connectivity index (χ2n) is 4.63. The zero-order chi connectivity index (χ0) is 13.1. The van der Waals surface area contributed by atoms with Crippen LogP contribution in [0.25, 0.3) is 0 Å². The van der Waals surface area contributed by atoms with E-state index in [4.69, 9.17) is 10.2 Å². The van der Waals surface area contributed by atoms with Gasteiger partial charge in [0.1, 0.15) is 11.6 Å². The molecular formula is C13H20N4O. The van der Waals surface area contributed by atoms with Gasteiger partial charge in [0.15, 0.2) is 0 Å². The molecule has 2 aromatic heterocycles. The van der Waals surface area contributed by atoms with Crippen LogP contribution in [0.5, 0.6) is 0 Å². The van der Waals surface area contributed by atoms with Crippen LogP contribution in [0.4, 0.5) is 11.5 Å². The highest BCUT2D eigenvalue weighted by Gasteiger charge is 2.12. The van der Waals surface area contributed by atoms with Crippen molar-refractivity contribution in [2.24, 2.45) is 7.05 Å². The number of aromatic nitrogens is 2. The zero-order valence-corrected chi connectivity index (χ0v) is 11.1. The molecule has 5 heteroatoms. The molecule has 2 aromatic rings. The maximum absolute atomic E-state index is 5.98. The second kappa shape index (κ2) is 5.16. The van der Waals surface area contributed by atoms with Crippen molar-refractivity contribution in [3.63, 3.8) is 0 Å². The van der Waals surface area contributed by atoms with Crippen LogP contribution >= 0.6 is 0 Å². The van der Waals surface area contributed by atoms with E-state index in [9.17, 15) is 0 Å². The molecule has 0 bridgehead atoms. The molecule has 2 rings (SSSR count). The van der Waals surface area contributed by atoms with Gasteiger partial charge in [-0.05, 0) is 32.4 Å². The largest absolute Gasteiger partial charge is 0.469 e. The monoisotopic (exact) mass is 248 g/mol. The van der Waals surface area contributed by atoms with Gasteiger partial charge in [0.2, 0.25) is 0 Å². The van der Waals surface area contributed by atoms with E-state index in [-0.39, 0.29) is 0 Å². The molecule has 18 heavy (non-hydrogen) atoms. The molecule has 0 radical (unpaired) electrons. The number of nitrogen functional groups attached to an aromatic ring is 1. The Bertz CT molecular complexity index is 501. The van der Waals surface area contributed by atoms with Crippen LogP contribution in [0, 0.1) is 6.92 Å². The Morgan fingerprint density at radius 1 is 1.56 bits per heavy atom. The van der Waals surface area contributed by atoms with Gasteiger partial charge in [-0.1, -0.05) is 0 Å². The van der Waals surface area contributed by atoms with Crippen molar-refractivity contribution in [1.82, 2.24) is 9.78 Å². The first-order chi connectivity index (χ1) is 8.58. The van der Waals surface area contributed by atoms with E-state index in [0.29, 0.717) is 6.04 Å². The van der Waals surface area contributed by atoms with Crippen molar-refractivity contribution in [2.75, 3.05) is 11.1 Å². The summed E-state index contributed by atoms with van der Waals surface area (Å²) in [5, 5.41) is 7.68. The van der Waals surface area contributed by atoms with Gasteiger partial charge in [-0.3, -0.25) is 4.68 Å². The fourth-order valence-electron chi connectivity index (χ4n) is 1.96. The van der Waals surface area contributed by atoms with E-state index >= 15 is 0 Å². The third-order valence-electron chi connectivity index (χ3n) is 3.06. The topological polar surface area (TPSA) is 69.0 Å². The molecule has 1 unspecified atom stereocenters. The standard InChI is InChI=1S/C13H20N4O/c1-9(6-7-11-5-4-8-18-11)15-13-12(14)10(2)16-17(13)3/h4-5,8-9,15H,6-7,14H2,1-3H3. The predicted octanol–water partition coefficient (Wildman–Crippen LogP) is 2.34. The van der Waals surface area contributed by atoms with Crippen molar-refractivity contribution in [2.45, 2.75) is 32.7 Å². The van der Waals surface area contributed by atoms with Gasteiger partial charge in [-0.25, -0.2) is 0 Å². The molecule has 0 fully saturated rings. The minimum Gasteiger partial charge on any atom is -0.469 e. The lowest BCUT2D eigenvalue weighted by atomic mass is 10.1. The summed E-state index contributed by atoms with van der Waals surface area (Å²) in [6, 6.07) is 4.22. The van der Waals surface area contributed by atoms with E-state index in [2.05, 4.69) is 17.3 Å². The molecule has 0 aromatic carbocycles. The molecular weight excluding hydrogens is 228 g/mol. The summed E-state index contributed by atoms with van der Waals surface area (Å²) in [5.41, 5.74) is 7.56. The lowest BCUT2D eigenvalue weighted by Crippen LogP contribution is -2.18. The number of nitrogens with zero attached hydrogens (tertiary/aromatic N) is 2. The summed E-state index contributed by atoms with van der Waals surface area (Å²) in [6.45, 7) is 4.04. The van der Waals surface area contributed by atoms with Crippen LogP contribution in [0.1, 0.15) is 24.8 Å². The summed E-state index contributed by atoms with van der Waals surface area (Å²) >= 11 is 0. The SMILES string of the molecule is Cc1nn(C)c(NC(C)CCc2ccco2)c1N. The second-order valence-corrected chi connectivity index (χ2v) is 4.63. The van der Waals surface area contributed by atoms with Crippen LogP contribution in [-0.2, 0) is 13.5 Å². The molecule has 1 atom stereocenters. The molecule has 2 heterocycles. The Hall–Kier alpha value is -1.91. The highest BCUT2D eigenvalue weighted by Crippen LogP contribution is 2.22. The van der Waals surface area contributed by atoms with Gasteiger partial charge in [-0.15, -0.1) is 0 Å². The molecule has 0 aliphatic carbocycles. The van der Waals surface area contributed by atoms with Crippen molar-refractivity contribution in [1.29, 1.82) is 0 Å². The van der Waals surface area contributed by atoms with Crippen LogP contribution < -0.4 is 11.1 Å². The summed E-state index contributed by atoms with van der Waals surface area (Å²) in [6.07, 6.45) is 3.60. The Kier molecular flexibility index (Phi) is 3.60. The quantitative estimate of drug-likeness (QED) is 0.852. The summed E-state index contributed by atoms with van der Waals surface area (Å²) in [5.74, 6) is 1.90. The summed E-state index contributed by atoms with van der Waals surface area (Å²) in [7, 11) is 1.89. The summed E-state index contributed by atoms with van der Waals surface area (Å²) < 4.78 is 7.10. The predicted molar refractivity (Wildman–Crippen MR) is 72.5 cm³/mol. The van der Waals surface area contributed by atoms with E-state index in [1.807, 2.05) is 26.1 Å². The molecule has 0 spiro atoms. The lowest BCUT2D eigenvalue weighted by Gasteiger charge is -2.15. The van der Waals surface area contributed by atoms with Crippen LogP contribution in [-0.4, -0.2) is 15.8 Å². The van der Waals surface area contributed by atoms with E-state index in [1.165, 1.54) is 0 Å². The Balaban J connectivity index is 1.92. The molecule has 0 amide bonds. The molecule has 98 valence electrons. The molecule has 0 saturated heterocycles. The number of anilines is 2. The van der Waals surface area contributed by atoms with Crippen molar-refractivity contribution in [3.05, 3.63) is 29.9 Å². The number of nitrogens with one attached hydrogen (secondary N) is 1. The molecule has 0 saturated carbocycles. The molecule has 0 aliphatic rings. The fourth-order valence-corrected chi connectivity index (χ4v) is 1.96. The maximum atomic E-state index is 5.98. The lowest BCUT2D eigenvalue weighted by molar-refractivity contribution is 0.494. The number of furan rings is 1. The highest BCUT2D eigenvalue weighted by atomic mass is 16.3. The van der Waals surface area contributed by atoms with Gasteiger partial charge < -0.3 is 15.5 Å². The number of hydrogen-bond donors (Lipinski definition) is 2. The minimum absolute atomic E-state index is 0.312. The van der Waals surface area contributed by atoms with Crippen LogP contribution in [0.3, 0.4) is 0 Å². The van der Waals surface area contributed by atoms with Gasteiger partial charge in [0.05, 0.1) is 17.6 Å². The normalized spacial score (nSPS) is 12.6. The van der Waals surface area contributed by atoms with Crippen LogP contribution in [0.2, 0.25) is 0 Å². The number of hydrogen-bond acceptors (Lipinski definition) is 4. The Labute approximate surface area is 107 Å². The smallest absolute Gasteiger partial charge is 0.147 e. The first-order valence-corrected chi connectivity index (χ1v) is 6.16. The third kappa shape index (κ3) is 2.67. The first kappa shape index (κ1) is 12.5. The van der Waals surface area contributed by atoms with Gasteiger partial charge >= 0.3 is 0 Å². The average Bonchev–Trinajstić information content (AvgIpc) is 2.92. The number of aryl methyl sites for hydroxylation is 3. The average molecular weight is 248 g/mol. The third-order valence-corrected chi connectivity index (χ3v) is 3.06. The van der Waals surface area contributed by atoms with E-state index in [1.54, 1.807) is 10.9 Å². The first-order valence-electron chi connectivity index (χ1n) is 6.16. The molecule has 5 nitrogen and oxygen atoms in total. The van der Waals surface area contributed by atoms with Gasteiger partial charge in [0.25, 0.3) is 0 Å². The number of nitrogens with two attached hydrogens (primary N) is 1. The number of rotatable bonds is 5. The highest BCUT2D eigenvalue weighted by molar-refractivity contribution is 5.64. The van der Waals surface area contributed by atoms with Gasteiger partial charge in [-0.2, -0.15) is 5.10 Å². The van der Waals surface area contributed by atoms with Crippen LogP contribution in [0.15, 0.2) is 22.8 Å². The molecule has 0 aliphatic heterocycles. The van der Waals surface area contributed by atoms with E-state index < -0.39 is 0 Å². The van der Waals surface area contributed by atoms with Gasteiger partial charge in [0, 0.05) is 19.5 Å². The van der Waals surface area contributed by atoms with E-state index in [0.717, 1.165) is 35.8 Å². The molecule has 3 N–H and O–H groups in total. The Morgan fingerprint density at radius 2 is 2.33 bits per heavy atom. The summed E-state index contributed by atoms with van der Waals surface area (Å²) in [4.78, 5) is 0.